The third-order valence-corrected chi connectivity index (χ3v) is 3.26. The van der Waals surface area contributed by atoms with Gasteiger partial charge in [0, 0.05) is 9.64 Å². The van der Waals surface area contributed by atoms with Gasteiger partial charge in [-0.3, -0.25) is 4.79 Å². The molecule has 0 spiro atoms. The van der Waals surface area contributed by atoms with Crippen molar-refractivity contribution in [2.75, 3.05) is 14.2 Å². The molecule has 0 saturated carbocycles. The first-order chi connectivity index (χ1) is 7.99. The highest BCUT2D eigenvalue weighted by Crippen LogP contribution is 2.28. The molecule has 0 aromatic carbocycles. The number of hydrogen-bond acceptors (Lipinski definition) is 4. The smallest absolute Gasteiger partial charge is 0.310 e. The van der Waals surface area contributed by atoms with Crippen LogP contribution >= 0.6 is 22.6 Å². The molecule has 0 bridgehead atoms. The first-order valence-corrected chi connectivity index (χ1v) is 5.65. The zero-order chi connectivity index (χ0) is 13.0. The molecule has 1 heterocycles. The van der Waals surface area contributed by atoms with Crippen molar-refractivity contribution >= 4 is 28.6 Å². The van der Waals surface area contributed by atoms with E-state index in [0.29, 0.717) is 5.56 Å². The minimum absolute atomic E-state index is 0.0552. The summed E-state index contributed by atoms with van der Waals surface area (Å²) in [5, 5.41) is 0. The van der Waals surface area contributed by atoms with Crippen LogP contribution in [0.3, 0.4) is 0 Å². The topological polar surface area (TPSA) is 48.4 Å². The Morgan fingerprint density at radius 1 is 1.53 bits per heavy atom. The van der Waals surface area contributed by atoms with E-state index >= 15 is 0 Å². The van der Waals surface area contributed by atoms with Gasteiger partial charge in [0.25, 0.3) is 6.43 Å². The number of aromatic nitrogens is 1. The van der Waals surface area contributed by atoms with Crippen LogP contribution in [-0.4, -0.2) is 25.2 Å². The quantitative estimate of drug-likeness (QED) is 0.613. The lowest BCUT2D eigenvalue weighted by Crippen LogP contribution is -2.09. The van der Waals surface area contributed by atoms with Gasteiger partial charge in [-0.15, -0.1) is 0 Å². The Morgan fingerprint density at radius 3 is 2.65 bits per heavy atom. The van der Waals surface area contributed by atoms with Crippen LogP contribution in [0.2, 0.25) is 0 Å². The van der Waals surface area contributed by atoms with E-state index in [0.717, 1.165) is 0 Å². The second-order valence-electron chi connectivity index (χ2n) is 3.08. The summed E-state index contributed by atoms with van der Waals surface area (Å²) >= 11 is 1.73. The summed E-state index contributed by atoms with van der Waals surface area (Å²) in [6, 6.07) is 1.45. The number of methoxy groups -OCH3 is 2. The predicted octanol–water partition coefficient (Wildman–Crippen LogP) is 2.35. The van der Waals surface area contributed by atoms with Gasteiger partial charge in [-0.05, 0) is 28.2 Å². The summed E-state index contributed by atoms with van der Waals surface area (Å²) in [4.78, 5) is 14.8. The first-order valence-electron chi connectivity index (χ1n) is 4.57. The maximum Gasteiger partial charge on any atom is 0.310 e. The third-order valence-electron chi connectivity index (χ3n) is 2.01. The van der Waals surface area contributed by atoms with Gasteiger partial charge in [-0.1, -0.05) is 0 Å². The highest BCUT2D eigenvalue weighted by Gasteiger charge is 2.20. The van der Waals surface area contributed by atoms with Crippen molar-refractivity contribution < 1.29 is 23.0 Å². The Balaban J connectivity index is 3.19. The molecular weight excluding hydrogens is 347 g/mol. The summed E-state index contributed by atoms with van der Waals surface area (Å²) in [7, 11) is 2.56. The molecule has 0 saturated heterocycles. The van der Waals surface area contributed by atoms with Gasteiger partial charge in [0.15, 0.2) is 0 Å². The van der Waals surface area contributed by atoms with E-state index < -0.39 is 12.4 Å². The Kier molecular flexibility index (Phi) is 5.03. The monoisotopic (exact) mass is 357 g/mol. The number of hydrogen-bond donors (Lipinski definition) is 0. The third kappa shape index (κ3) is 3.48. The van der Waals surface area contributed by atoms with E-state index in [4.69, 9.17) is 4.74 Å². The Hall–Kier alpha value is -0.990. The molecule has 1 aromatic heterocycles. The second-order valence-corrected chi connectivity index (χ2v) is 4.16. The number of alkyl halides is 2. The van der Waals surface area contributed by atoms with E-state index in [2.05, 4.69) is 9.72 Å². The van der Waals surface area contributed by atoms with Crippen molar-refractivity contribution in [2.24, 2.45) is 0 Å². The Morgan fingerprint density at radius 2 is 2.18 bits per heavy atom. The number of rotatable bonds is 4. The van der Waals surface area contributed by atoms with Crippen LogP contribution in [0.4, 0.5) is 8.78 Å². The molecule has 0 unspecified atom stereocenters. The molecule has 1 aromatic rings. The van der Waals surface area contributed by atoms with Crippen molar-refractivity contribution in [1.29, 1.82) is 0 Å². The minimum Gasteiger partial charge on any atom is -0.481 e. The van der Waals surface area contributed by atoms with Crippen LogP contribution in [0.5, 0.6) is 5.88 Å². The Labute approximate surface area is 110 Å². The molecule has 0 fully saturated rings. The molecule has 0 aliphatic rings. The summed E-state index contributed by atoms with van der Waals surface area (Å²) in [6.45, 7) is 0. The van der Waals surface area contributed by atoms with Crippen molar-refractivity contribution in [2.45, 2.75) is 12.8 Å². The molecule has 0 atom stereocenters. The molecule has 4 nitrogen and oxygen atoms in total. The van der Waals surface area contributed by atoms with Gasteiger partial charge < -0.3 is 9.47 Å². The van der Waals surface area contributed by atoms with Crippen molar-refractivity contribution in [1.82, 2.24) is 4.98 Å². The van der Waals surface area contributed by atoms with Crippen molar-refractivity contribution in [3.63, 3.8) is 0 Å². The maximum atomic E-state index is 12.7. The van der Waals surface area contributed by atoms with Gasteiger partial charge in [-0.2, -0.15) is 0 Å². The summed E-state index contributed by atoms with van der Waals surface area (Å²) in [5.74, 6) is -0.448. The molecule has 17 heavy (non-hydrogen) atoms. The number of pyridine rings is 1. The standard InChI is InChI=1S/C10H10F2INO3/c1-16-6-3-5(4-7(15)17-2)8(13)9(14-6)10(11)12/h3,10H,4H2,1-2H3. The number of ether oxygens (including phenoxy) is 2. The van der Waals surface area contributed by atoms with E-state index in [-0.39, 0.29) is 21.6 Å². The molecule has 0 radical (unpaired) electrons. The van der Waals surface area contributed by atoms with Crippen LogP contribution < -0.4 is 4.74 Å². The normalized spacial score (nSPS) is 10.5. The number of halogens is 3. The molecule has 1 rings (SSSR count). The lowest BCUT2D eigenvalue weighted by molar-refractivity contribution is -0.139. The molecule has 0 amide bonds. The highest BCUT2D eigenvalue weighted by molar-refractivity contribution is 14.1. The molecule has 94 valence electrons. The predicted molar refractivity (Wildman–Crippen MR) is 64.2 cm³/mol. The zero-order valence-corrected chi connectivity index (χ0v) is 11.3. The second kappa shape index (κ2) is 6.08. The number of esters is 1. The van der Waals surface area contributed by atoms with E-state index in [9.17, 15) is 13.6 Å². The van der Waals surface area contributed by atoms with Crippen LogP contribution in [0.15, 0.2) is 6.07 Å². The van der Waals surface area contributed by atoms with Crippen molar-refractivity contribution in [3.8, 4) is 5.88 Å². The van der Waals surface area contributed by atoms with Gasteiger partial charge >= 0.3 is 5.97 Å². The van der Waals surface area contributed by atoms with Crippen LogP contribution in [0.25, 0.3) is 0 Å². The molecule has 0 aliphatic carbocycles. The van der Waals surface area contributed by atoms with Gasteiger partial charge in [0.2, 0.25) is 5.88 Å². The van der Waals surface area contributed by atoms with Crippen LogP contribution in [0, 0.1) is 3.57 Å². The van der Waals surface area contributed by atoms with Gasteiger partial charge in [0.1, 0.15) is 5.69 Å². The van der Waals surface area contributed by atoms with Crippen molar-refractivity contribution in [3.05, 3.63) is 20.9 Å². The summed E-state index contributed by atoms with van der Waals surface area (Å²) in [6.07, 6.45) is -2.80. The SMILES string of the molecule is COC(=O)Cc1cc(OC)nc(C(F)F)c1I. The fourth-order valence-corrected chi connectivity index (χ4v) is 1.88. The highest BCUT2D eigenvalue weighted by atomic mass is 127. The van der Waals surface area contributed by atoms with E-state index in [1.54, 1.807) is 22.6 Å². The average molecular weight is 357 g/mol. The Bertz CT molecular complexity index is 426. The number of nitrogens with zero attached hydrogens (tertiary/aromatic N) is 1. The fourth-order valence-electron chi connectivity index (χ4n) is 1.18. The molecular formula is C10H10F2INO3. The fraction of sp³-hybridized carbons (Fsp3) is 0.400. The lowest BCUT2D eigenvalue weighted by Gasteiger charge is -2.10. The molecule has 7 heteroatoms. The maximum absolute atomic E-state index is 12.7. The van der Waals surface area contributed by atoms with Crippen LogP contribution in [0.1, 0.15) is 17.7 Å². The summed E-state index contributed by atoms with van der Waals surface area (Å²) < 4.78 is 35.0. The molecule has 0 aliphatic heterocycles. The first kappa shape index (κ1) is 14.1. The number of carbonyl (C=O) groups is 1. The lowest BCUT2D eigenvalue weighted by atomic mass is 10.1. The van der Waals surface area contributed by atoms with Gasteiger partial charge in [0.05, 0.1) is 20.6 Å². The minimum atomic E-state index is -2.71. The number of carbonyl (C=O) groups excluding carboxylic acids is 1. The van der Waals surface area contributed by atoms with Crippen LogP contribution in [-0.2, 0) is 16.0 Å². The van der Waals surface area contributed by atoms with E-state index in [1.807, 2.05) is 0 Å². The summed E-state index contributed by atoms with van der Waals surface area (Å²) in [5.41, 5.74) is 0.0310. The largest absolute Gasteiger partial charge is 0.481 e. The van der Waals surface area contributed by atoms with E-state index in [1.165, 1.54) is 20.3 Å². The average Bonchev–Trinajstić information content (AvgIpc) is 2.31. The molecule has 0 N–H and O–H groups in total. The van der Waals surface area contributed by atoms with Gasteiger partial charge in [-0.25, -0.2) is 13.8 Å². The zero-order valence-electron chi connectivity index (χ0n) is 9.17.